The van der Waals surface area contributed by atoms with Gasteiger partial charge in [-0.25, -0.2) is 0 Å². The van der Waals surface area contributed by atoms with Crippen LogP contribution in [-0.4, -0.2) is 55.0 Å². The zero-order valence-corrected chi connectivity index (χ0v) is 17.0. The Morgan fingerprint density at radius 2 is 1.86 bits per heavy atom. The molecule has 0 spiro atoms. The van der Waals surface area contributed by atoms with Gasteiger partial charge in [0.25, 0.3) is 0 Å². The van der Waals surface area contributed by atoms with Crippen LogP contribution >= 0.6 is 0 Å². The van der Waals surface area contributed by atoms with Crippen molar-refractivity contribution >= 4 is 11.8 Å². The second-order valence-corrected chi connectivity index (χ2v) is 7.96. The molecule has 160 valence electrons. The maximum atomic E-state index is 12.5. The van der Waals surface area contributed by atoms with E-state index in [0.29, 0.717) is 26.1 Å². The first kappa shape index (κ1) is 21.7. The Hall–Kier alpha value is -1.96. The molecule has 7 nitrogen and oxygen atoms in total. The quantitative estimate of drug-likeness (QED) is 0.643. The van der Waals surface area contributed by atoms with Crippen LogP contribution in [0.15, 0.2) is 30.3 Å². The van der Waals surface area contributed by atoms with Crippen LogP contribution in [0.1, 0.15) is 50.6 Å². The third-order valence-corrected chi connectivity index (χ3v) is 5.81. The normalized spacial score (nSPS) is 26.5. The Labute approximate surface area is 172 Å². The van der Waals surface area contributed by atoms with Crippen LogP contribution in [0.2, 0.25) is 0 Å². The summed E-state index contributed by atoms with van der Waals surface area (Å²) >= 11 is 0. The largest absolute Gasteiger partial charge is 0.394 e. The van der Waals surface area contributed by atoms with Gasteiger partial charge in [-0.3, -0.25) is 9.59 Å². The van der Waals surface area contributed by atoms with Crippen LogP contribution in [0.5, 0.6) is 0 Å². The number of aliphatic hydroxyl groups is 1. The van der Waals surface area contributed by atoms with Crippen molar-refractivity contribution in [3.8, 4) is 0 Å². The SMILES string of the molecule is C[C@@H](NC(=O)C[C@H]1CC[C@@H](NC(=O)C2CCOCC2)[C@H](CO)O1)c1ccccc1. The van der Waals surface area contributed by atoms with Crippen molar-refractivity contribution in [3.63, 3.8) is 0 Å². The highest BCUT2D eigenvalue weighted by atomic mass is 16.5. The van der Waals surface area contributed by atoms with Crippen LogP contribution in [0.4, 0.5) is 0 Å². The van der Waals surface area contributed by atoms with E-state index in [4.69, 9.17) is 9.47 Å². The maximum absolute atomic E-state index is 12.5. The molecule has 0 unspecified atom stereocenters. The average molecular weight is 405 g/mol. The minimum Gasteiger partial charge on any atom is -0.394 e. The molecule has 0 aliphatic carbocycles. The topological polar surface area (TPSA) is 96.9 Å². The molecule has 2 amide bonds. The molecule has 2 heterocycles. The molecule has 3 N–H and O–H groups in total. The highest BCUT2D eigenvalue weighted by molar-refractivity contribution is 5.79. The average Bonchev–Trinajstić information content (AvgIpc) is 2.75. The number of rotatable bonds is 7. The molecular weight excluding hydrogens is 372 g/mol. The molecule has 2 saturated heterocycles. The van der Waals surface area contributed by atoms with Crippen LogP contribution < -0.4 is 10.6 Å². The lowest BCUT2D eigenvalue weighted by Gasteiger charge is -2.37. The number of carbonyl (C=O) groups excluding carboxylic acids is 2. The summed E-state index contributed by atoms with van der Waals surface area (Å²) in [7, 11) is 0. The minimum absolute atomic E-state index is 0.00762. The van der Waals surface area contributed by atoms with Crippen molar-refractivity contribution in [2.24, 2.45) is 5.92 Å². The summed E-state index contributed by atoms with van der Waals surface area (Å²) in [5, 5.41) is 15.8. The van der Waals surface area contributed by atoms with E-state index in [1.165, 1.54) is 0 Å². The zero-order chi connectivity index (χ0) is 20.6. The van der Waals surface area contributed by atoms with Crippen LogP contribution in [0.25, 0.3) is 0 Å². The number of aliphatic hydroxyl groups excluding tert-OH is 1. The molecule has 29 heavy (non-hydrogen) atoms. The number of hydrogen-bond donors (Lipinski definition) is 3. The van der Waals surface area contributed by atoms with Crippen molar-refractivity contribution in [3.05, 3.63) is 35.9 Å². The van der Waals surface area contributed by atoms with E-state index in [1.54, 1.807) is 0 Å². The molecule has 2 fully saturated rings. The maximum Gasteiger partial charge on any atom is 0.223 e. The number of ether oxygens (including phenoxy) is 2. The lowest BCUT2D eigenvalue weighted by molar-refractivity contribution is -0.139. The van der Waals surface area contributed by atoms with Gasteiger partial charge >= 0.3 is 0 Å². The van der Waals surface area contributed by atoms with E-state index in [1.807, 2.05) is 37.3 Å². The van der Waals surface area contributed by atoms with E-state index >= 15 is 0 Å². The van der Waals surface area contributed by atoms with Crippen molar-refractivity contribution in [1.82, 2.24) is 10.6 Å². The summed E-state index contributed by atoms with van der Waals surface area (Å²) in [6.45, 7) is 2.99. The summed E-state index contributed by atoms with van der Waals surface area (Å²) in [6.07, 6.45) is 2.31. The van der Waals surface area contributed by atoms with Gasteiger partial charge in [-0.15, -0.1) is 0 Å². The minimum atomic E-state index is -0.489. The Morgan fingerprint density at radius 3 is 2.55 bits per heavy atom. The van der Waals surface area contributed by atoms with Gasteiger partial charge in [0.15, 0.2) is 0 Å². The number of nitrogens with one attached hydrogen (secondary N) is 2. The molecule has 4 atom stereocenters. The van der Waals surface area contributed by atoms with Crippen molar-refractivity contribution in [2.45, 2.75) is 63.3 Å². The highest BCUT2D eigenvalue weighted by Gasteiger charge is 2.34. The summed E-state index contributed by atoms with van der Waals surface area (Å²) in [5.74, 6) is -0.105. The predicted molar refractivity (Wildman–Crippen MR) is 108 cm³/mol. The van der Waals surface area contributed by atoms with Crippen molar-refractivity contribution < 1.29 is 24.2 Å². The van der Waals surface area contributed by atoms with E-state index in [0.717, 1.165) is 18.4 Å². The first-order valence-corrected chi connectivity index (χ1v) is 10.6. The molecule has 0 saturated carbocycles. The third kappa shape index (κ3) is 6.26. The summed E-state index contributed by atoms with van der Waals surface area (Å²) in [6, 6.07) is 9.50. The molecule has 1 aromatic rings. The molecular formula is C22H32N2O5. The van der Waals surface area contributed by atoms with Crippen LogP contribution in [-0.2, 0) is 19.1 Å². The number of carbonyl (C=O) groups is 2. The van der Waals surface area contributed by atoms with Gasteiger partial charge in [0.05, 0.1) is 31.2 Å². The first-order chi connectivity index (χ1) is 14.1. The van der Waals surface area contributed by atoms with Crippen LogP contribution in [0, 0.1) is 5.92 Å². The predicted octanol–water partition coefficient (Wildman–Crippen LogP) is 1.71. The van der Waals surface area contributed by atoms with E-state index in [-0.39, 0.29) is 48.9 Å². The van der Waals surface area contributed by atoms with Gasteiger partial charge in [-0.05, 0) is 38.2 Å². The van der Waals surface area contributed by atoms with Gasteiger partial charge in [0.2, 0.25) is 11.8 Å². The van der Waals surface area contributed by atoms with Crippen molar-refractivity contribution in [1.29, 1.82) is 0 Å². The third-order valence-electron chi connectivity index (χ3n) is 5.81. The number of hydrogen-bond acceptors (Lipinski definition) is 5. The van der Waals surface area contributed by atoms with Gasteiger partial charge in [0, 0.05) is 19.1 Å². The Morgan fingerprint density at radius 1 is 1.14 bits per heavy atom. The van der Waals surface area contributed by atoms with E-state index in [9.17, 15) is 14.7 Å². The van der Waals surface area contributed by atoms with E-state index in [2.05, 4.69) is 10.6 Å². The second-order valence-electron chi connectivity index (χ2n) is 7.96. The Kier molecular flexibility index (Phi) is 8.03. The first-order valence-electron chi connectivity index (χ1n) is 10.6. The van der Waals surface area contributed by atoms with Crippen molar-refractivity contribution in [2.75, 3.05) is 19.8 Å². The molecule has 3 rings (SSSR count). The fraction of sp³-hybridized carbons (Fsp3) is 0.636. The molecule has 0 bridgehead atoms. The van der Waals surface area contributed by atoms with Gasteiger partial charge in [0.1, 0.15) is 6.10 Å². The molecule has 1 aromatic carbocycles. The number of benzene rings is 1. The Bertz CT molecular complexity index is 662. The van der Waals surface area contributed by atoms with Gasteiger partial charge in [-0.1, -0.05) is 30.3 Å². The fourth-order valence-corrected chi connectivity index (χ4v) is 4.04. The lowest BCUT2D eigenvalue weighted by Crippen LogP contribution is -2.53. The summed E-state index contributed by atoms with van der Waals surface area (Å²) in [5.41, 5.74) is 1.05. The zero-order valence-electron chi connectivity index (χ0n) is 17.0. The summed E-state index contributed by atoms with van der Waals surface area (Å²) < 4.78 is 11.3. The molecule has 2 aliphatic heterocycles. The Balaban J connectivity index is 1.46. The van der Waals surface area contributed by atoms with Gasteiger partial charge in [-0.2, -0.15) is 0 Å². The number of amides is 2. The molecule has 0 aromatic heterocycles. The van der Waals surface area contributed by atoms with Gasteiger partial charge < -0.3 is 25.2 Å². The van der Waals surface area contributed by atoms with E-state index < -0.39 is 6.10 Å². The summed E-state index contributed by atoms with van der Waals surface area (Å²) in [4.78, 5) is 24.9. The second kappa shape index (κ2) is 10.7. The standard InChI is InChI=1S/C22H32N2O5/c1-15(16-5-3-2-4-6-16)23-21(26)13-18-7-8-19(20(14-25)29-18)24-22(27)17-9-11-28-12-10-17/h2-6,15,17-20,25H,7-14H2,1H3,(H,23,26)(H,24,27)/t15-,18-,19-,20+/m1/s1. The highest BCUT2D eigenvalue weighted by Crippen LogP contribution is 2.24. The fourth-order valence-electron chi connectivity index (χ4n) is 4.04. The molecule has 2 aliphatic rings. The van der Waals surface area contributed by atoms with Crippen LogP contribution in [0.3, 0.4) is 0 Å². The smallest absolute Gasteiger partial charge is 0.223 e. The monoisotopic (exact) mass is 404 g/mol. The molecule has 7 heteroatoms. The lowest BCUT2D eigenvalue weighted by atomic mass is 9.94. The molecule has 0 radical (unpaired) electrons.